The Morgan fingerprint density at radius 1 is 0.444 bits per heavy atom. The first-order chi connectivity index (χ1) is 17.5. The summed E-state index contributed by atoms with van der Waals surface area (Å²) in [7, 11) is 8.23. The second-order valence-electron chi connectivity index (χ2n) is 9.20. The van der Waals surface area contributed by atoms with Crippen LogP contribution in [0.3, 0.4) is 0 Å². The summed E-state index contributed by atoms with van der Waals surface area (Å²) in [6.45, 7) is 0. The van der Waals surface area contributed by atoms with Crippen molar-refractivity contribution in [2.45, 2.75) is 12.1 Å². The Bertz CT molecular complexity index is 1080. The molecular weight excluding hydrogens is 444 g/mol. The lowest BCUT2D eigenvalue weighted by Crippen LogP contribution is -2.40. The summed E-state index contributed by atoms with van der Waals surface area (Å²) >= 11 is 0. The molecule has 2 atom stereocenters. The van der Waals surface area contributed by atoms with E-state index in [1.807, 2.05) is 36.4 Å². The highest BCUT2D eigenvalue weighted by atomic mass is 15.4. The zero-order chi connectivity index (χ0) is 25.3. The van der Waals surface area contributed by atoms with Crippen molar-refractivity contribution < 1.29 is 0 Å². The second-order valence-corrected chi connectivity index (χ2v) is 9.20. The zero-order valence-electron chi connectivity index (χ0n) is 21.4. The monoisotopic (exact) mass is 480 g/mol. The van der Waals surface area contributed by atoms with Gasteiger partial charge in [0.1, 0.15) is 0 Å². The molecule has 4 aromatic rings. The van der Waals surface area contributed by atoms with Gasteiger partial charge in [0.15, 0.2) is 0 Å². The van der Waals surface area contributed by atoms with Crippen LogP contribution < -0.4 is 31.5 Å². The van der Waals surface area contributed by atoms with Gasteiger partial charge in [-0.1, -0.05) is 60.7 Å². The van der Waals surface area contributed by atoms with Crippen LogP contribution in [0, 0.1) is 0 Å². The van der Waals surface area contributed by atoms with Gasteiger partial charge in [-0.25, -0.2) is 10.9 Å². The Hall–Kier alpha value is -4.00. The van der Waals surface area contributed by atoms with Crippen LogP contribution in [0.5, 0.6) is 0 Å². The fraction of sp³-hybridized carbons (Fsp3) is 0.200. The Kier molecular flexibility index (Phi) is 8.44. The average molecular weight is 481 g/mol. The second kappa shape index (κ2) is 12.1. The van der Waals surface area contributed by atoms with E-state index >= 15 is 0 Å². The van der Waals surface area contributed by atoms with E-state index in [2.05, 4.69) is 132 Å². The van der Waals surface area contributed by atoms with Crippen LogP contribution in [0.4, 0.5) is 22.7 Å². The molecule has 0 aromatic heterocycles. The molecule has 0 saturated heterocycles. The Morgan fingerprint density at radius 2 is 0.778 bits per heavy atom. The lowest BCUT2D eigenvalue weighted by molar-refractivity contribution is 0.428. The van der Waals surface area contributed by atoms with Gasteiger partial charge in [-0.2, -0.15) is 0 Å². The van der Waals surface area contributed by atoms with Crippen molar-refractivity contribution in [3.05, 3.63) is 120 Å². The Balaban J connectivity index is 1.69. The third-order valence-corrected chi connectivity index (χ3v) is 6.16. The Morgan fingerprint density at radius 3 is 1.08 bits per heavy atom. The highest BCUT2D eigenvalue weighted by Gasteiger charge is 2.25. The largest absolute Gasteiger partial charge is 0.378 e. The van der Waals surface area contributed by atoms with Crippen molar-refractivity contribution in [3.8, 4) is 0 Å². The van der Waals surface area contributed by atoms with E-state index in [4.69, 9.17) is 0 Å². The fourth-order valence-corrected chi connectivity index (χ4v) is 4.04. The number of rotatable bonds is 11. The van der Waals surface area contributed by atoms with Gasteiger partial charge >= 0.3 is 0 Å². The molecular formula is C30H36N6. The van der Waals surface area contributed by atoms with Gasteiger partial charge in [-0.3, -0.25) is 0 Å². The SMILES string of the molecule is CN(C)c1ccc(C(NNc2ccccc2)C(NNc2ccccc2)c2ccc(N(C)C)cc2)cc1. The predicted molar refractivity (Wildman–Crippen MR) is 153 cm³/mol. The average Bonchev–Trinajstić information content (AvgIpc) is 2.92. The van der Waals surface area contributed by atoms with E-state index in [1.54, 1.807) is 0 Å². The van der Waals surface area contributed by atoms with Gasteiger partial charge in [-0.05, 0) is 59.7 Å². The summed E-state index contributed by atoms with van der Waals surface area (Å²) < 4.78 is 0. The minimum Gasteiger partial charge on any atom is -0.378 e. The predicted octanol–water partition coefficient (Wildman–Crippen LogP) is 5.83. The molecule has 0 aliphatic rings. The van der Waals surface area contributed by atoms with Crippen molar-refractivity contribution in [2.75, 3.05) is 48.8 Å². The molecule has 0 aliphatic carbocycles. The van der Waals surface area contributed by atoms with E-state index in [1.165, 1.54) is 0 Å². The summed E-state index contributed by atoms with van der Waals surface area (Å²) in [5, 5.41) is 0. The van der Waals surface area contributed by atoms with Gasteiger partial charge in [0.2, 0.25) is 0 Å². The molecule has 6 nitrogen and oxygen atoms in total. The van der Waals surface area contributed by atoms with Gasteiger partial charge in [0.25, 0.3) is 0 Å². The minimum atomic E-state index is -0.0946. The molecule has 36 heavy (non-hydrogen) atoms. The summed E-state index contributed by atoms with van der Waals surface area (Å²) in [4.78, 5) is 4.22. The van der Waals surface area contributed by atoms with Crippen LogP contribution in [-0.4, -0.2) is 28.2 Å². The lowest BCUT2D eigenvalue weighted by Gasteiger charge is -2.31. The maximum absolute atomic E-state index is 3.60. The normalized spacial score (nSPS) is 12.4. The molecule has 2 unspecified atom stereocenters. The number of nitrogens with zero attached hydrogens (tertiary/aromatic N) is 2. The smallest absolute Gasteiger partial charge is 0.0722 e. The van der Waals surface area contributed by atoms with E-state index in [0.29, 0.717) is 0 Å². The number of para-hydroxylation sites is 2. The van der Waals surface area contributed by atoms with Crippen LogP contribution in [-0.2, 0) is 0 Å². The molecule has 0 aliphatic heterocycles. The number of hydrogen-bond acceptors (Lipinski definition) is 6. The van der Waals surface area contributed by atoms with E-state index in [0.717, 1.165) is 33.9 Å². The van der Waals surface area contributed by atoms with E-state index < -0.39 is 0 Å². The first kappa shape index (κ1) is 25.1. The topological polar surface area (TPSA) is 54.6 Å². The van der Waals surface area contributed by atoms with Crippen LogP contribution in [0.2, 0.25) is 0 Å². The Labute approximate surface area is 214 Å². The maximum Gasteiger partial charge on any atom is 0.0722 e. The van der Waals surface area contributed by atoms with Crippen molar-refractivity contribution in [1.29, 1.82) is 0 Å². The summed E-state index contributed by atoms with van der Waals surface area (Å²) in [5.74, 6) is 0. The standard InChI is InChI=1S/C30H36N6/c1-35(2)27-19-15-23(16-20-27)29(33-31-25-11-7-5-8-12-25)30(34-32-26-13-9-6-10-14-26)24-17-21-28(22-18-24)36(3)4/h5-22,29-34H,1-4H3. The molecule has 0 radical (unpaired) electrons. The van der Waals surface area contributed by atoms with Gasteiger partial charge in [0, 0.05) is 50.9 Å². The molecule has 0 saturated carbocycles. The lowest BCUT2D eigenvalue weighted by atomic mass is 9.93. The van der Waals surface area contributed by atoms with Gasteiger partial charge < -0.3 is 20.7 Å². The number of benzene rings is 4. The molecule has 4 N–H and O–H groups in total. The maximum atomic E-state index is 3.60. The van der Waals surface area contributed by atoms with Crippen LogP contribution >= 0.6 is 0 Å². The highest BCUT2D eigenvalue weighted by Crippen LogP contribution is 2.31. The van der Waals surface area contributed by atoms with Crippen molar-refractivity contribution in [2.24, 2.45) is 0 Å². The summed E-state index contributed by atoms with van der Waals surface area (Å²) in [6.07, 6.45) is 0. The molecule has 0 bridgehead atoms. The highest BCUT2D eigenvalue weighted by molar-refractivity contribution is 5.50. The van der Waals surface area contributed by atoms with Crippen LogP contribution in [0.1, 0.15) is 23.2 Å². The molecule has 0 fully saturated rings. The number of hydrogen-bond donors (Lipinski definition) is 4. The van der Waals surface area contributed by atoms with E-state index in [-0.39, 0.29) is 12.1 Å². The van der Waals surface area contributed by atoms with Crippen molar-refractivity contribution in [1.82, 2.24) is 10.9 Å². The van der Waals surface area contributed by atoms with Crippen molar-refractivity contribution >= 4 is 22.7 Å². The summed E-state index contributed by atoms with van der Waals surface area (Å²) in [6, 6.07) is 37.5. The molecule has 6 heteroatoms. The molecule has 0 amide bonds. The third-order valence-electron chi connectivity index (χ3n) is 6.16. The van der Waals surface area contributed by atoms with Gasteiger partial charge in [0.05, 0.1) is 12.1 Å². The third kappa shape index (κ3) is 6.56. The molecule has 0 spiro atoms. The van der Waals surface area contributed by atoms with Gasteiger partial charge in [-0.15, -0.1) is 0 Å². The first-order valence-corrected chi connectivity index (χ1v) is 12.2. The zero-order valence-corrected chi connectivity index (χ0v) is 21.4. The van der Waals surface area contributed by atoms with E-state index in [9.17, 15) is 0 Å². The van der Waals surface area contributed by atoms with Crippen molar-refractivity contribution in [3.63, 3.8) is 0 Å². The molecule has 4 aromatic carbocycles. The first-order valence-electron chi connectivity index (χ1n) is 12.2. The van der Waals surface area contributed by atoms with Crippen LogP contribution in [0.15, 0.2) is 109 Å². The minimum absolute atomic E-state index is 0.0946. The molecule has 0 heterocycles. The number of anilines is 4. The molecule has 186 valence electrons. The van der Waals surface area contributed by atoms with Crippen LogP contribution in [0.25, 0.3) is 0 Å². The fourth-order valence-electron chi connectivity index (χ4n) is 4.04. The summed E-state index contributed by atoms with van der Waals surface area (Å²) in [5.41, 5.74) is 20.7. The molecule has 4 rings (SSSR count). The number of hydrazine groups is 2. The number of nitrogens with one attached hydrogen (secondary N) is 4. The quantitative estimate of drug-likeness (QED) is 0.203.